The van der Waals surface area contributed by atoms with Gasteiger partial charge in [-0.25, -0.2) is 0 Å². The van der Waals surface area contributed by atoms with E-state index in [1.54, 1.807) is 0 Å². The molecular weight excluding hydrogens is 164 g/mol. The first-order valence-electron chi connectivity index (χ1n) is 4.85. The molecule has 0 amide bonds. The highest BCUT2D eigenvalue weighted by molar-refractivity contribution is 5.11. The van der Waals surface area contributed by atoms with Crippen molar-refractivity contribution in [2.45, 2.75) is 45.8 Å². The highest BCUT2D eigenvalue weighted by Crippen LogP contribution is 2.17. The van der Waals surface area contributed by atoms with Crippen LogP contribution in [0.4, 0.5) is 0 Å². The van der Waals surface area contributed by atoms with Crippen LogP contribution in [0.3, 0.4) is 0 Å². The standard InChI is InChI=1S/C10H18N2O/c1-4-5-12-7-10(6-11-12)8(2)9(3)13/h6-9,13H,4-5H2,1-3H3. The molecule has 13 heavy (non-hydrogen) atoms. The van der Waals surface area contributed by atoms with Gasteiger partial charge in [0.25, 0.3) is 0 Å². The molecule has 0 aliphatic rings. The number of aryl methyl sites for hydroxylation is 1. The van der Waals surface area contributed by atoms with E-state index in [1.807, 2.05) is 30.9 Å². The van der Waals surface area contributed by atoms with Gasteiger partial charge < -0.3 is 5.11 Å². The van der Waals surface area contributed by atoms with Crippen LogP contribution in [0.1, 0.15) is 38.7 Å². The van der Waals surface area contributed by atoms with E-state index in [9.17, 15) is 5.11 Å². The minimum atomic E-state index is -0.306. The molecule has 74 valence electrons. The molecule has 0 radical (unpaired) electrons. The van der Waals surface area contributed by atoms with Crippen molar-refractivity contribution < 1.29 is 5.11 Å². The Kier molecular flexibility index (Phi) is 3.48. The van der Waals surface area contributed by atoms with Gasteiger partial charge in [-0.15, -0.1) is 0 Å². The molecule has 0 saturated heterocycles. The highest BCUT2D eigenvalue weighted by Gasteiger charge is 2.12. The first kappa shape index (κ1) is 10.3. The molecule has 0 bridgehead atoms. The molecule has 3 heteroatoms. The molecule has 0 aliphatic carbocycles. The lowest BCUT2D eigenvalue weighted by Gasteiger charge is -2.11. The summed E-state index contributed by atoms with van der Waals surface area (Å²) in [4.78, 5) is 0. The van der Waals surface area contributed by atoms with Gasteiger partial charge in [-0.1, -0.05) is 13.8 Å². The van der Waals surface area contributed by atoms with Gasteiger partial charge in [-0.3, -0.25) is 4.68 Å². The fourth-order valence-corrected chi connectivity index (χ4v) is 1.24. The van der Waals surface area contributed by atoms with E-state index in [0.29, 0.717) is 0 Å². The minimum absolute atomic E-state index is 0.172. The number of aromatic nitrogens is 2. The van der Waals surface area contributed by atoms with Crippen molar-refractivity contribution in [3.8, 4) is 0 Å². The molecule has 0 aliphatic heterocycles. The molecule has 1 aromatic heterocycles. The molecule has 3 nitrogen and oxygen atoms in total. The van der Waals surface area contributed by atoms with Crippen molar-refractivity contribution >= 4 is 0 Å². The summed E-state index contributed by atoms with van der Waals surface area (Å²) in [6.45, 7) is 6.89. The normalized spacial score (nSPS) is 15.7. The summed E-state index contributed by atoms with van der Waals surface area (Å²) >= 11 is 0. The third-order valence-electron chi connectivity index (χ3n) is 2.36. The monoisotopic (exact) mass is 182 g/mol. The molecule has 0 aromatic carbocycles. The zero-order valence-corrected chi connectivity index (χ0v) is 8.57. The Bertz CT molecular complexity index is 255. The Morgan fingerprint density at radius 1 is 1.54 bits per heavy atom. The van der Waals surface area contributed by atoms with Crippen LogP contribution in [-0.2, 0) is 6.54 Å². The molecule has 0 fully saturated rings. The van der Waals surface area contributed by atoms with E-state index >= 15 is 0 Å². The van der Waals surface area contributed by atoms with E-state index in [1.165, 1.54) is 0 Å². The number of hydrogen-bond acceptors (Lipinski definition) is 2. The number of hydrogen-bond donors (Lipinski definition) is 1. The van der Waals surface area contributed by atoms with Crippen molar-refractivity contribution in [2.75, 3.05) is 0 Å². The van der Waals surface area contributed by atoms with Crippen molar-refractivity contribution in [1.82, 2.24) is 9.78 Å². The van der Waals surface area contributed by atoms with Gasteiger partial charge in [0, 0.05) is 18.7 Å². The first-order valence-corrected chi connectivity index (χ1v) is 4.85. The zero-order chi connectivity index (χ0) is 9.84. The molecule has 2 unspecified atom stereocenters. The third-order valence-corrected chi connectivity index (χ3v) is 2.36. The van der Waals surface area contributed by atoms with Crippen LogP contribution >= 0.6 is 0 Å². The maximum absolute atomic E-state index is 9.38. The Morgan fingerprint density at radius 2 is 2.23 bits per heavy atom. The molecular formula is C10H18N2O. The summed E-state index contributed by atoms with van der Waals surface area (Å²) in [5, 5.41) is 13.6. The van der Waals surface area contributed by atoms with Gasteiger partial charge in [0.05, 0.1) is 12.3 Å². The second kappa shape index (κ2) is 4.42. The van der Waals surface area contributed by atoms with Gasteiger partial charge in [0.2, 0.25) is 0 Å². The van der Waals surface area contributed by atoms with Crippen LogP contribution in [0.25, 0.3) is 0 Å². The fourth-order valence-electron chi connectivity index (χ4n) is 1.24. The summed E-state index contributed by atoms with van der Waals surface area (Å²) in [5.74, 6) is 0.172. The van der Waals surface area contributed by atoms with E-state index < -0.39 is 0 Å². The lowest BCUT2D eigenvalue weighted by atomic mass is 10.0. The van der Waals surface area contributed by atoms with E-state index in [2.05, 4.69) is 12.0 Å². The smallest absolute Gasteiger partial charge is 0.0579 e. The number of aliphatic hydroxyl groups is 1. The number of nitrogens with zero attached hydrogens (tertiary/aromatic N) is 2. The van der Waals surface area contributed by atoms with Crippen LogP contribution < -0.4 is 0 Å². The topological polar surface area (TPSA) is 38.0 Å². The van der Waals surface area contributed by atoms with Gasteiger partial charge in [0.15, 0.2) is 0 Å². The van der Waals surface area contributed by atoms with E-state index in [4.69, 9.17) is 0 Å². The van der Waals surface area contributed by atoms with Crippen molar-refractivity contribution in [2.24, 2.45) is 0 Å². The minimum Gasteiger partial charge on any atom is -0.393 e. The first-order chi connectivity index (χ1) is 6.15. The quantitative estimate of drug-likeness (QED) is 0.770. The average molecular weight is 182 g/mol. The molecule has 1 heterocycles. The molecule has 2 atom stereocenters. The van der Waals surface area contributed by atoms with E-state index in [-0.39, 0.29) is 12.0 Å². The Morgan fingerprint density at radius 3 is 2.77 bits per heavy atom. The summed E-state index contributed by atoms with van der Waals surface area (Å²) in [6.07, 6.45) is 4.64. The number of aliphatic hydroxyl groups excluding tert-OH is 1. The van der Waals surface area contributed by atoms with Crippen molar-refractivity contribution in [3.63, 3.8) is 0 Å². The molecule has 1 rings (SSSR count). The van der Waals surface area contributed by atoms with Crippen LogP contribution in [0, 0.1) is 0 Å². The second-order valence-electron chi connectivity index (χ2n) is 3.57. The summed E-state index contributed by atoms with van der Waals surface area (Å²) < 4.78 is 1.92. The summed E-state index contributed by atoms with van der Waals surface area (Å²) in [5.41, 5.74) is 1.11. The Labute approximate surface area is 79.4 Å². The molecule has 0 spiro atoms. The molecule has 0 saturated carbocycles. The molecule has 1 N–H and O–H groups in total. The predicted octanol–water partition coefficient (Wildman–Crippen LogP) is 1.78. The largest absolute Gasteiger partial charge is 0.393 e. The highest BCUT2D eigenvalue weighted by atomic mass is 16.3. The fraction of sp³-hybridized carbons (Fsp3) is 0.700. The van der Waals surface area contributed by atoms with Crippen LogP contribution in [0.2, 0.25) is 0 Å². The van der Waals surface area contributed by atoms with Crippen LogP contribution in [0.5, 0.6) is 0 Å². The maximum Gasteiger partial charge on any atom is 0.0579 e. The number of rotatable bonds is 4. The van der Waals surface area contributed by atoms with Crippen LogP contribution in [-0.4, -0.2) is 21.0 Å². The lowest BCUT2D eigenvalue weighted by molar-refractivity contribution is 0.169. The van der Waals surface area contributed by atoms with E-state index in [0.717, 1.165) is 18.5 Å². The van der Waals surface area contributed by atoms with Gasteiger partial charge >= 0.3 is 0 Å². The predicted molar refractivity (Wildman–Crippen MR) is 52.6 cm³/mol. The van der Waals surface area contributed by atoms with Gasteiger partial charge in [0.1, 0.15) is 0 Å². The SMILES string of the molecule is CCCn1cc(C(C)C(C)O)cn1. The van der Waals surface area contributed by atoms with Crippen molar-refractivity contribution in [1.29, 1.82) is 0 Å². The summed E-state index contributed by atoms with van der Waals surface area (Å²) in [6, 6.07) is 0. The van der Waals surface area contributed by atoms with Crippen molar-refractivity contribution in [3.05, 3.63) is 18.0 Å². The van der Waals surface area contributed by atoms with Gasteiger partial charge in [-0.2, -0.15) is 5.10 Å². The third kappa shape index (κ3) is 2.56. The average Bonchev–Trinajstić information content (AvgIpc) is 2.52. The Balaban J connectivity index is 2.67. The lowest BCUT2D eigenvalue weighted by Crippen LogP contribution is -2.10. The maximum atomic E-state index is 9.38. The summed E-state index contributed by atoms with van der Waals surface area (Å²) in [7, 11) is 0. The van der Waals surface area contributed by atoms with Gasteiger partial charge in [-0.05, 0) is 18.9 Å². The second-order valence-corrected chi connectivity index (χ2v) is 3.57. The Hall–Kier alpha value is -0.830. The van der Waals surface area contributed by atoms with Crippen LogP contribution in [0.15, 0.2) is 12.4 Å². The molecule has 1 aromatic rings. The zero-order valence-electron chi connectivity index (χ0n) is 8.57.